The third kappa shape index (κ3) is 5.96. The predicted molar refractivity (Wildman–Crippen MR) is 156 cm³/mol. The molecule has 0 bridgehead atoms. The number of benzene rings is 1. The fourth-order valence-electron chi connectivity index (χ4n) is 5.18. The first-order valence-corrected chi connectivity index (χ1v) is 13.8. The van der Waals surface area contributed by atoms with Crippen molar-refractivity contribution in [1.82, 2.24) is 34.5 Å². The third-order valence-corrected chi connectivity index (χ3v) is 7.26. The van der Waals surface area contributed by atoms with E-state index in [4.69, 9.17) is 14.7 Å². The van der Waals surface area contributed by atoms with E-state index in [0.29, 0.717) is 48.1 Å². The lowest BCUT2D eigenvalue weighted by Crippen LogP contribution is -2.42. The number of nitrogens with zero attached hydrogens (tertiary/aromatic N) is 6. The normalized spacial score (nSPS) is 17.0. The molecule has 2 amide bonds. The van der Waals surface area contributed by atoms with E-state index in [2.05, 4.69) is 20.6 Å². The van der Waals surface area contributed by atoms with Gasteiger partial charge in [0, 0.05) is 49.9 Å². The molecule has 1 aliphatic heterocycles. The second-order valence-electron chi connectivity index (χ2n) is 10.2. The van der Waals surface area contributed by atoms with E-state index in [1.807, 2.05) is 60.0 Å². The maximum absolute atomic E-state index is 14.0. The molecule has 222 valence electrons. The molecule has 1 saturated heterocycles. The van der Waals surface area contributed by atoms with Gasteiger partial charge in [0.1, 0.15) is 17.6 Å². The number of aromatic nitrogens is 5. The zero-order valence-electron chi connectivity index (χ0n) is 23.6. The van der Waals surface area contributed by atoms with Crippen LogP contribution in [-0.4, -0.2) is 73.2 Å². The number of anilines is 1. The number of hydrogen-bond donors (Lipinski definition) is 3. The zero-order chi connectivity index (χ0) is 29.9. The highest BCUT2D eigenvalue weighted by atomic mass is 19.1. The number of aliphatic hydroxyl groups excluding tert-OH is 1. The summed E-state index contributed by atoms with van der Waals surface area (Å²) in [5.74, 6) is -0.141. The quantitative estimate of drug-likeness (QED) is 0.223. The highest BCUT2D eigenvalue weighted by Crippen LogP contribution is 2.32. The summed E-state index contributed by atoms with van der Waals surface area (Å²) in [6.07, 6.45) is 4.40. The number of para-hydroxylation sites is 1. The van der Waals surface area contributed by atoms with E-state index in [9.17, 15) is 14.3 Å². The first-order valence-electron chi connectivity index (χ1n) is 13.8. The maximum atomic E-state index is 14.0. The van der Waals surface area contributed by atoms with Crippen molar-refractivity contribution in [2.24, 2.45) is 0 Å². The average Bonchev–Trinajstić information content (AvgIpc) is 3.71. The minimum Gasteiger partial charge on any atom is -0.390 e. The van der Waals surface area contributed by atoms with E-state index in [1.165, 1.54) is 12.3 Å². The van der Waals surface area contributed by atoms with Gasteiger partial charge in [-0.3, -0.25) is 10.2 Å². The van der Waals surface area contributed by atoms with Crippen LogP contribution in [0.3, 0.4) is 0 Å². The molecule has 1 aromatic carbocycles. The van der Waals surface area contributed by atoms with Crippen molar-refractivity contribution < 1.29 is 23.9 Å². The molecule has 0 aliphatic carbocycles. The van der Waals surface area contributed by atoms with Gasteiger partial charge in [-0.25, -0.2) is 19.4 Å². The number of fused-ring (bicyclic) bond motifs is 1. The lowest BCUT2D eigenvalue weighted by molar-refractivity contribution is -0.154. The van der Waals surface area contributed by atoms with Crippen molar-refractivity contribution in [2.45, 2.75) is 25.7 Å². The molecule has 4 aromatic heterocycles. The number of rotatable bonds is 9. The summed E-state index contributed by atoms with van der Waals surface area (Å²) in [5, 5.41) is 22.1. The summed E-state index contributed by atoms with van der Waals surface area (Å²) < 4.78 is 22.7. The Balaban J connectivity index is 1.30. The van der Waals surface area contributed by atoms with Crippen LogP contribution in [-0.2, 0) is 16.2 Å². The van der Waals surface area contributed by atoms with E-state index >= 15 is 0 Å². The van der Waals surface area contributed by atoms with Gasteiger partial charge in [0.25, 0.3) is 0 Å². The Kier molecular flexibility index (Phi) is 8.11. The van der Waals surface area contributed by atoms with E-state index in [0.717, 1.165) is 16.8 Å². The zero-order valence-corrected chi connectivity index (χ0v) is 23.6. The molecule has 0 radical (unpaired) electrons. The van der Waals surface area contributed by atoms with E-state index in [1.54, 1.807) is 29.1 Å². The van der Waals surface area contributed by atoms with Crippen LogP contribution in [0, 0.1) is 12.9 Å². The number of carbonyl (C=O) groups excluding carboxylic acids is 1. The summed E-state index contributed by atoms with van der Waals surface area (Å²) in [7, 11) is 1.60. The minimum absolute atomic E-state index is 0.158. The van der Waals surface area contributed by atoms with Gasteiger partial charge in [-0.15, -0.1) is 0 Å². The van der Waals surface area contributed by atoms with Gasteiger partial charge in [0.15, 0.2) is 0 Å². The Morgan fingerprint density at radius 3 is 2.79 bits per heavy atom. The van der Waals surface area contributed by atoms with Gasteiger partial charge < -0.3 is 19.6 Å². The van der Waals surface area contributed by atoms with Crippen LogP contribution in [0.15, 0.2) is 73.2 Å². The molecule has 0 spiro atoms. The number of nitrogens with one attached hydrogen (secondary N) is 2. The molecule has 13 heteroatoms. The van der Waals surface area contributed by atoms with Gasteiger partial charge in [-0.05, 0) is 48.9 Å². The van der Waals surface area contributed by atoms with Crippen LogP contribution in [0.1, 0.15) is 22.9 Å². The minimum atomic E-state index is -0.629. The number of hydroxylamine groups is 2. The maximum Gasteiger partial charge on any atom is 0.320 e. The number of halogens is 1. The van der Waals surface area contributed by atoms with Crippen molar-refractivity contribution in [3.05, 3.63) is 96.0 Å². The number of amides is 2. The summed E-state index contributed by atoms with van der Waals surface area (Å²) in [5.41, 5.74) is 4.81. The van der Waals surface area contributed by atoms with Gasteiger partial charge in [0.05, 0.1) is 36.3 Å². The highest BCUT2D eigenvalue weighted by Gasteiger charge is 2.37. The summed E-state index contributed by atoms with van der Waals surface area (Å²) >= 11 is 0. The molecule has 5 aromatic rings. The molecule has 5 heterocycles. The van der Waals surface area contributed by atoms with Gasteiger partial charge in [0.2, 0.25) is 5.95 Å². The first-order chi connectivity index (χ1) is 20.9. The number of urea groups is 1. The Hall–Kier alpha value is -4.69. The van der Waals surface area contributed by atoms with Crippen molar-refractivity contribution in [3.8, 4) is 16.9 Å². The van der Waals surface area contributed by atoms with Gasteiger partial charge >= 0.3 is 6.03 Å². The highest BCUT2D eigenvalue weighted by molar-refractivity contribution is 5.91. The van der Waals surface area contributed by atoms with Crippen molar-refractivity contribution >= 4 is 17.5 Å². The molecule has 43 heavy (non-hydrogen) atoms. The van der Waals surface area contributed by atoms with Crippen molar-refractivity contribution in [3.63, 3.8) is 0 Å². The number of aliphatic hydroxyl groups is 1. The standard InChI is InChI=1S/C30H31FN8O4/c1-19-27(21-8-9-26-33-22(18-40)16-37(26)15-21)36-39(23-6-4-3-5-7-23)29(19)35-30(41)34-24-17-38(12-13-42-2)43-28(24)20-10-11-32-25(31)14-20/h3-11,14-16,24,28,40H,12-13,17-18H2,1-2H3,(H2,34,35,41)/t24-,28+/m1/s1. The molecule has 1 aliphatic rings. The Morgan fingerprint density at radius 1 is 1.19 bits per heavy atom. The Labute approximate surface area is 246 Å². The number of methoxy groups -OCH3 is 1. The fourth-order valence-corrected chi connectivity index (χ4v) is 5.18. The molecule has 6 rings (SSSR count). The van der Waals surface area contributed by atoms with Crippen molar-refractivity contribution in [1.29, 1.82) is 0 Å². The lowest BCUT2D eigenvalue weighted by atomic mass is 10.0. The molecular weight excluding hydrogens is 555 g/mol. The van der Waals surface area contributed by atoms with Crippen LogP contribution in [0.2, 0.25) is 0 Å². The monoisotopic (exact) mass is 586 g/mol. The van der Waals surface area contributed by atoms with Crippen LogP contribution in [0.5, 0.6) is 0 Å². The van der Waals surface area contributed by atoms with Crippen LogP contribution >= 0.6 is 0 Å². The van der Waals surface area contributed by atoms with Crippen LogP contribution in [0.4, 0.5) is 15.0 Å². The number of ether oxygens (including phenoxy) is 1. The van der Waals surface area contributed by atoms with Gasteiger partial charge in [-0.1, -0.05) is 18.2 Å². The summed E-state index contributed by atoms with van der Waals surface area (Å²) in [6, 6.07) is 15.3. The lowest BCUT2D eigenvalue weighted by Gasteiger charge is -2.19. The smallest absolute Gasteiger partial charge is 0.320 e. The second-order valence-corrected chi connectivity index (χ2v) is 10.2. The van der Waals surface area contributed by atoms with E-state index < -0.39 is 24.1 Å². The molecular formula is C30H31FN8O4. The Morgan fingerprint density at radius 2 is 2.02 bits per heavy atom. The average molecular weight is 587 g/mol. The molecule has 1 fully saturated rings. The number of hydrogen-bond acceptors (Lipinski definition) is 8. The number of imidazole rings is 1. The molecule has 2 atom stereocenters. The van der Waals surface area contributed by atoms with Crippen LogP contribution < -0.4 is 10.6 Å². The predicted octanol–water partition coefficient (Wildman–Crippen LogP) is 3.65. The molecule has 0 unspecified atom stereocenters. The number of pyridine rings is 2. The van der Waals surface area contributed by atoms with Crippen LogP contribution in [0.25, 0.3) is 22.6 Å². The Bertz CT molecular complexity index is 1740. The number of carbonyl (C=O) groups is 1. The van der Waals surface area contributed by atoms with Gasteiger partial charge in [-0.2, -0.15) is 14.6 Å². The topological polar surface area (TPSA) is 131 Å². The first kappa shape index (κ1) is 28.4. The molecule has 12 nitrogen and oxygen atoms in total. The largest absolute Gasteiger partial charge is 0.390 e. The summed E-state index contributed by atoms with van der Waals surface area (Å²) in [4.78, 5) is 27.6. The summed E-state index contributed by atoms with van der Waals surface area (Å²) in [6.45, 7) is 3.01. The van der Waals surface area contributed by atoms with Crippen molar-refractivity contribution in [2.75, 3.05) is 32.1 Å². The molecule has 3 N–H and O–H groups in total. The SMILES string of the molecule is COCCN1C[C@@H](NC(=O)Nc2c(C)c(-c3ccc4nc(CO)cn4c3)nn2-c2ccccc2)[C@H](c2ccnc(F)c2)O1. The second kappa shape index (κ2) is 12.3. The molecule has 0 saturated carbocycles. The third-order valence-electron chi connectivity index (χ3n) is 7.26. The van der Waals surface area contributed by atoms with E-state index in [-0.39, 0.29) is 6.61 Å². The fraction of sp³-hybridized carbons (Fsp3) is 0.267.